The van der Waals surface area contributed by atoms with Crippen LogP contribution in [0.15, 0.2) is 35.3 Å². The van der Waals surface area contributed by atoms with Crippen LogP contribution in [0.5, 0.6) is 5.75 Å². The van der Waals surface area contributed by atoms with E-state index in [1.807, 2.05) is 26.1 Å². The van der Waals surface area contributed by atoms with Crippen molar-refractivity contribution in [3.63, 3.8) is 0 Å². The SMILES string of the molecule is COc1ccc(C)c(-c2cnc3c(c2)CN(c2nc4nn(C)c(=O)n4c(C)c2C)CC3)c1. The summed E-state index contributed by atoms with van der Waals surface area (Å²) in [5.74, 6) is 2.13. The molecule has 0 N–H and O–H groups in total. The van der Waals surface area contributed by atoms with Crippen molar-refractivity contribution in [2.75, 3.05) is 18.6 Å². The average molecular weight is 431 g/mol. The zero-order valence-electron chi connectivity index (χ0n) is 19.0. The molecule has 0 radical (unpaired) electrons. The predicted octanol–water partition coefficient (Wildman–Crippen LogP) is 2.99. The van der Waals surface area contributed by atoms with Crippen LogP contribution in [0.2, 0.25) is 0 Å². The van der Waals surface area contributed by atoms with Gasteiger partial charge in [-0.1, -0.05) is 6.07 Å². The summed E-state index contributed by atoms with van der Waals surface area (Å²) in [6.45, 7) is 7.58. The van der Waals surface area contributed by atoms with Crippen LogP contribution in [0.1, 0.15) is 28.1 Å². The molecule has 0 saturated carbocycles. The maximum atomic E-state index is 12.4. The van der Waals surface area contributed by atoms with Crippen molar-refractivity contribution in [1.29, 1.82) is 0 Å². The highest BCUT2D eigenvalue weighted by atomic mass is 16.5. The number of rotatable bonds is 3. The van der Waals surface area contributed by atoms with Crippen molar-refractivity contribution in [3.05, 3.63) is 69.0 Å². The third kappa shape index (κ3) is 3.14. The zero-order chi connectivity index (χ0) is 22.6. The third-order valence-corrected chi connectivity index (χ3v) is 6.42. The Bertz CT molecular complexity index is 1420. The lowest BCUT2D eigenvalue weighted by Crippen LogP contribution is -2.33. The number of anilines is 1. The summed E-state index contributed by atoms with van der Waals surface area (Å²) < 4.78 is 8.32. The molecule has 164 valence electrons. The summed E-state index contributed by atoms with van der Waals surface area (Å²) in [7, 11) is 3.33. The summed E-state index contributed by atoms with van der Waals surface area (Å²) in [6.07, 6.45) is 2.79. The Hall–Kier alpha value is -3.68. The highest BCUT2D eigenvalue weighted by Gasteiger charge is 2.23. The fourth-order valence-corrected chi connectivity index (χ4v) is 4.43. The second-order valence-electron chi connectivity index (χ2n) is 8.37. The van der Waals surface area contributed by atoms with E-state index >= 15 is 0 Å². The molecule has 4 heterocycles. The number of hydrogen-bond donors (Lipinski definition) is 0. The summed E-state index contributed by atoms with van der Waals surface area (Å²) in [4.78, 5) is 24.2. The first kappa shape index (κ1) is 20.2. The van der Waals surface area contributed by atoms with Crippen molar-refractivity contribution in [2.24, 2.45) is 7.05 Å². The molecule has 0 saturated heterocycles. The maximum absolute atomic E-state index is 12.4. The van der Waals surface area contributed by atoms with E-state index in [2.05, 4.69) is 35.1 Å². The molecule has 0 atom stereocenters. The second-order valence-corrected chi connectivity index (χ2v) is 8.37. The van der Waals surface area contributed by atoms with Crippen molar-refractivity contribution in [1.82, 2.24) is 24.1 Å². The molecule has 8 heteroatoms. The van der Waals surface area contributed by atoms with Gasteiger partial charge in [0, 0.05) is 55.3 Å². The Labute approximate surface area is 186 Å². The van der Waals surface area contributed by atoms with Gasteiger partial charge in [0.1, 0.15) is 11.6 Å². The fourth-order valence-electron chi connectivity index (χ4n) is 4.43. The summed E-state index contributed by atoms with van der Waals surface area (Å²) in [5.41, 5.74) is 7.37. The summed E-state index contributed by atoms with van der Waals surface area (Å²) in [5, 5.41) is 4.30. The molecule has 0 unspecified atom stereocenters. The van der Waals surface area contributed by atoms with Gasteiger partial charge in [-0.2, -0.15) is 4.98 Å². The quantitative estimate of drug-likeness (QED) is 0.497. The molecule has 0 fully saturated rings. The predicted molar refractivity (Wildman–Crippen MR) is 123 cm³/mol. The van der Waals surface area contributed by atoms with Crippen molar-refractivity contribution in [2.45, 2.75) is 33.7 Å². The van der Waals surface area contributed by atoms with Crippen LogP contribution in [0.3, 0.4) is 0 Å². The number of hydrogen-bond acceptors (Lipinski definition) is 6. The molecule has 8 nitrogen and oxygen atoms in total. The van der Waals surface area contributed by atoms with E-state index in [4.69, 9.17) is 14.7 Å². The Morgan fingerprint density at radius 2 is 1.94 bits per heavy atom. The lowest BCUT2D eigenvalue weighted by molar-refractivity contribution is 0.415. The van der Waals surface area contributed by atoms with Gasteiger partial charge in [-0.3, -0.25) is 4.98 Å². The maximum Gasteiger partial charge on any atom is 0.351 e. The molecule has 1 aliphatic heterocycles. The van der Waals surface area contributed by atoms with E-state index < -0.39 is 0 Å². The fraction of sp³-hybridized carbons (Fsp3) is 0.333. The van der Waals surface area contributed by atoms with Gasteiger partial charge < -0.3 is 9.64 Å². The first-order valence-corrected chi connectivity index (χ1v) is 10.7. The van der Waals surface area contributed by atoms with E-state index in [9.17, 15) is 4.79 Å². The van der Waals surface area contributed by atoms with Crippen LogP contribution >= 0.6 is 0 Å². The monoisotopic (exact) mass is 430 g/mol. The van der Waals surface area contributed by atoms with Crippen LogP contribution in [0, 0.1) is 20.8 Å². The molecule has 3 aromatic heterocycles. The van der Waals surface area contributed by atoms with Gasteiger partial charge in [-0.15, -0.1) is 5.10 Å². The van der Waals surface area contributed by atoms with E-state index in [0.29, 0.717) is 12.3 Å². The number of aryl methyl sites for hydroxylation is 3. The van der Waals surface area contributed by atoms with Crippen LogP contribution in [0.4, 0.5) is 5.82 Å². The van der Waals surface area contributed by atoms with Gasteiger partial charge in [0.2, 0.25) is 0 Å². The minimum Gasteiger partial charge on any atom is -0.497 e. The molecule has 32 heavy (non-hydrogen) atoms. The first-order chi connectivity index (χ1) is 15.4. The van der Waals surface area contributed by atoms with Gasteiger partial charge in [0.15, 0.2) is 0 Å². The van der Waals surface area contributed by atoms with Crippen LogP contribution in [0.25, 0.3) is 16.9 Å². The zero-order valence-corrected chi connectivity index (χ0v) is 19.0. The smallest absolute Gasteiger partial charge is 0.351 e. The second kappa shape index (κ2) is 7.47. The largest absolute Gasteiger partial charge is 0.497 e. The number of ether oxygens (including phenoxy) is 1. The molecular formula is C24H26N6O2. The van der Waals surface area contributed by atoms with E-state index in [1.165, 1.54) is 15.8 Å². The van der Waals surface area contributed by atoms with Crippen molar-refractivity contribution < 1.29 is 4.74 Å². The Morgan fingerprint density at radius 3 is 2.72 bits per heavy atom. The van der Waals surface area contributed by atoms with Crippen LogP contribution < -0.4 is 15.3 Å². The number of benzene rings is 1. The third-order valence-electron chi connectivity index (χ3n) is 6.42. The van der Waals surface area contributed by atoms with Gasteiger partial charge in [0.25, 0.3) is 5.78 Å². The first-order valence-electron chi connectivity index (χ1n) is 10.7. The van der Waals surface area contributed by atoms with Gasteiger partial charge in [-0.25, -0.2) is 13.9 Å². The molecule has 0 spiro atoms. The standard InChI is InChI=1S/C24H26N6O2/c1-14-6-7-19(32-5)11-20(14)17-10-18-13-29(9-8-21(18)25-12-17)22-15(2)16(3)30-23(26-22)27-28(4)24(30)31/h6-7,10-12H,8-9,13H2,1-5H3. The van der Waals surface area contributed by atoms with Crippen molar-refractivity contribution in [3.8, 4) is 16.9 Å². The minimum absolute atomic E-state index is 0.175. The lowest BCUT2D eigenvalue weighted by atomic mass is 9.97. The molecular weight excluding hydrogens is 404 g/mol. The van der Waals surface area contributed by atoms with Crippen molar-refractivity contribution >= 4 is 11.6 Å². The normalized spacial score (nSPS) is 13.5. The summed E-state index contributed by atoms with van der Waals surface area (Å²) in [6, 6.07) is 8.33. The highest BCUT2D eigenvalue weighted by Crippen LogP contribution is 2.31. The van der Waals surface area contributed by atoms with E-state index in [0.717, 1.165) is 52.6 Å². The topological polar surface area (TPSA) is 77.5 Å². The highest BCUT2D eigenvalue weighted by molar-refractivity contribution is 5.69. The average Bonchev–Trinajstić information content (AvgIpc) is 3.09. The van der Waals surface area contributed by atoms with E-state index in [1.54, 1.807) is 18.6 Å². The molecule has 4 aromatic rings. The van der Waals surface area contributed by atoms with Gasteiger partial charge >= 0.3 is 5.69 Å². The molecule has 0 aliphatic carbocycles. The van der Waals surface area contributed by atoms with Crippen LogP contribution in [-0.4, -0.2) is 37.8 Å². The number of pyridine rings is 1. The van der Waals surface area contributed by atoms with Gasteiger partial charge in [-0.05, 0) is 55.7 Å². The number of fused-ring (bicyclic) bond motifs is 2. The Morgan fingerprint density at radius 1 is 1.12 bits per heavy atom. The summed E-state index contributed by atoms with van der Waals surface area (Å²) >= 11 is 0. The van der Waals surface area contributed by atoms with E-state index in [-0.39, 0.29) is 5.69 Å². The number of nitrogens with zero attached hydrogens (tertiary/aromatic N) is 6. The molecule has 0 bridgehead atoms. The molecule has 0 amide bonds. The minimum atomic E-state index is -0.175. The van der Waals surface area contributed by atoms with Gasteiger partial charge in [0.05, 0.1) is 7.11 Å². The molecule has 1 aliphatic rings. The number of methoxy groups -OCH3 is 1. The lowest BCUT2D eigenvalue weighted by Gasteiger charge is -2.31. The Kier molecular flexibility index (Phi) is 4.73. The molecule has 1 aromatic carbocycles. The molecule has 5 rings (SSSR count). The van der Waals surface area contributed by atoms with Crippen LogP contribution in [-0.2, 0) is 20.0 Å². The number of aromatic nitrogens is 5. The Balaban J connectivity index is 1.55.